The maximum absolute atomic E-state index is 3.49. The smallest absolute Gasteiger partial charge is 0.000439 e. The van der Waals surface area contributed by atoms with E-state index in [1.165, 1.54) is 58.4 Å². The lowest BCUT2D eigenvalue weighted by molar-refractivity contribution is 0.0680. The lowest BCUT2D eigenvalue weighted by Crippen LogP contribution is -2.46. The Balaban J connectivity index is 1.80. The van der Waals surface area contributed by atoms with Gasteiger partial charge in [-0.15, -0.1) is 0 Å². The number of likely N-dealkylation sites (tertiary alicyclic amines) is 1. The highest BCUT2D eigenvalue weighted by Gasteiger charge is 2.35. The summed E-state index contributed by atoms with van der Waals surface area (Å²) in [5.41, 5.74) is 0.721. The molecule has 0 aromatic carbocycles. The van der Waals surface area contributed by atoms with E-state index in [0.29, 0.717) is 0 Å². The molecule has 0 saturated carbocycles. The summed E-state index contributed by atoms with van der Waals surface area (Å²) in [6, 6.07) is 0. The molecule has 2 aliphatic heterocycles. The van der Waals surface area contributed by atoms with Crippen LogP contribution in [0.3, 0.4) is 0 Å². The van der Waals surface area contributed by atoms with Gasteiger partial charge in [0.15, 0.2) is 0 Å². The Hall–Kier alpha value is -0.0800. The Morgan fingerprint density at radius 1 is 1.07 bits per heavy atom. The molecule has 0 radical (unpaired) electrons. The quantitative estimate of drug-likeness (QED) is 0.751. The van der Waals surface area contributed by atoms with E-state index in [9.17, 15) is 0 Å². The molecule has 0 amide bonds. The largest absolute Gasteiger partial charge is 0.317 e. The second-order valence-corrected chi connectivity index (χ2v) is 5.94. The van der Waals surface area contributed by atoms with Crippen LogP contribution in [0.25, 0.3) is 0 Å². The summed E-state index contributed by atoms with van der Waals surface area (Å²) in [7, 11) is 0. The van der Waals surface area contributed by atoms with Gasteiger partial charge in [0.25, 0.3) is 0 Å². The molecule has 1 N–H and O–H groups in total. The number of hydrogen-bond acceptors (Lipinski definition) is 2. The Morgan fingerprint density at radius 2 is 1.67 bits per heavy atom. The number of nitrogens with one attached hydrogen (secondary N) is 1. The van der Waals surface area contributed by atoms with Crippen LogP contribution < -0.4 is 5.32 Å². The van der Waals surface area contributed by atoms with Gasteiger partial charge in [-0.05, 0) is 63.2 Å². The van der Waals surface area contributed by atoms with Crippen molar-refractivity contribution in [2.24, 2.45) is 11.3 Å². The van der Waals surface area contributed by atoms with Gasteiger partial charge in [0, 0.05) is 6.54 Å². The van der Waals surface area contributed by atoms with Crippen LogP contribution in [-0.4, -0.2) is 37.6 Å². The zero-order valence-corrected chi connectivity index (χ0v) is 10.4. The van der Waals surface area contributed by atoms with Crippen LogP contribution in [0, 0.1) is 11.3 Å². The number of piperidine rings is 2. The van der Waals surface area contributed by atoms with E-state index in [-0.39, 0.29) is 0 Å². The van der Waals surface area contributed by atoms with Gasteiger partial charge in [-0.2, -0.15) is 0 Å². The van der Waals surface area contributed by atoms with Crippen molar-refractivity contribution in [3.05, 3.63) is 0 Å². The molecule has 0 aromatic rings. The van der Waals surface area contributed by atoms with Crippen molar-refractivity contribution in [1.82, 2.24) is 10.2 Å². The van der Waals surface area contributed by atoms with Crippen molar-refractivity contribution in [1.29, 1.82) is 0 Å². The number of nitrogens with zero attached hydrogens (tertiary/aromatic N) is 1. The summed E-state index contributed by atoms with van der Waals surface area (Å²) in [6.07, 6.45) is 5.73. The molecule has 2 heteroatoms. The minimum absolute atomic E-state index is 0.721. The third-order valence-electron chi connectivity index (χ3n) is 4.20. The Kier molecular flexibility index (Phi) is 3.68. The SMILES string of the molecule is CC(C)CN1CCC2(CCNCC2)CC1. The van der Waals surface area contributed by atoms with E-state index in [1.807, 2.05) is 0 Å². The van der Waals surface area contributed by atoms with Gasteiger partial charge in [0.05, 0.1) is 0 Å². The van der Waals surface area contributed by atoms with Gasteiger partial charge in [-0.25, -0.2) is 0 Å². The molecular weight excluding hydrogens is 184 g/mol. The van der Waals surface area contributed by atoms with Gasteiger partial charge < -0.3 is 10.2 Å². The van der Waals surface area contributed by atoms with E-state index in [2.05, 4.69) is 24.1 Å². The van der Waals surface area contributed by atoms with Crippen LogP contribution in [0.15, 0.2) is 0 Å². The van der Waals surface area contributed by atoms with E-state index in [1.54, 1.807) is 0 Å². The highest BCUT2D eigenvalue weighted by molar-refractivity contribution is 4.89. The second-order valence-electron chi connectivity index (χ2n) is 5.94. The summed E-state index contributed by atoms with van der Waals surface area (Å²) in [6.45, 7) is 11.2. The van der Waals surface area contributed by atoms with Crippen LogP contribution in [0.4, 0.5) is 0 Å². The van der Waals surface area contributed by atoms with E-state index in [0.717, 1.165) is 11.3 Å². The molecule has 88 valence electrons. The molecule has 0 bridgehead atoms. The van der Waals surface area contributed by atoms with Crippen LogP contribution in [0.1, 0.15) is 39.5 Å². The van der Waals surface area contributed by atoms with Crippen LogP contribution >= 0.6 is 0 Å². The second kappa shape index (κ2) is 4.84. The Morgan fingerprint density at radius 3 is 2.20 bits per heavy atom. The molecular formula is C13H26N2. The normalized spacial score (nSPS) is 27.4. The summed E-state index contributed by atoms with van der Waals surface area (Å²) in [4.78, 5) is 2.66. The molecule has 2 heterocycles. The average Bonchev–Trinajstić information content (AvgIpc) is 2.23. The van der Waals surface area contributed by atoms with Gasteiger partial charge in [0.1, 0.15) is 0 Å². The van der Waals surface area contributed by atoms with E-state index < -0.39 is 0 Å². The lowest BCUT2D eigenvalue weighted by atomic mass is 9.71. The van der Waals surface area contributed by atoms with Gasteiger partial charge in [0.2, 0.25) is 0 Å². The first-order chi connectivity index (χ1) is 7.20. The van der Waals surface area contributed by atoms with Crippen molar-refractivity contribution in [2.75, 3.05) is 32.7 Å². The summed E-state index contributed by atoms with van der Waals surface area (Å²) in [5.74, 6) is 0.826. The van der Waals surface area contributed by atoms with Crippen molar-refractivity contribution in [2.45, 2.75) is 39.5 Å². The maximum atomic E-state index is 3.49. The van der Waals surface area contributed by atoms with Gasteiger partial charge in [-0.3, -0.25) is 0 Å². The van der Waals surface area contributed by atoms with Crippen molar-refractivity contribution >= 4 is 0 Å². The monoisotopic (exact) mass is 210 g/mol. The van der Waals surface area contributed by atoms with Crippen LogP contribution in [-0.2, 0) is 0 Å². The number of hydrogen-bond donors (Lipinski definition) is 1. The molecule has 2 fully saturated rings. The molecule has 0 atom stereocenters. The van der Waals surface area contributed by atoms with Crippen molar-refractivity contribution in [3.63, 3.8) is 0 Å². The first-order valence-corrected chi connectivity index (χ1v) is 6.63. The van der Waals surface area contributed by atoms with Crippen LogP contribution in [0.2, 0.25) is 0 Å². The molecule has 0 unspecified atom stereocenters. The Labute approximate surface area is 94.4 Å². The third kappa shape index (κ3) is 2.94. The first kappa shape index (κ1) is 11.4. The third-order valence-corrected chi connectivity index (χ3v) is 4.20. The molecule has 15 heavy (non-hydrogen) atoms. The lowest BCUT2D eigenvalue weighted by Gasteiger charge is -2.44. The highest BCUT2D eigenvalue weighted by atomic mass is 15.1. The number of rotatable bonds is 2. The fraction of sp³-hybridized carbons (Fsp3) is 1.00. The highest BCUT2D eigenvalue weighted by Crippen LogP contribution is 2.39. The molecule has 0 aliphatic carbocycles. The van der Waals surface area contributed by atoms with Gasteiger partial charge in [-0.1, -0.05) is 13.8 Å². The fourth-order valence-corrected chi connectivity index (χ4v) is 3.18. The zero-order chi connectivity index (χ0) is 10.7. The maximum Gasteiger partial charge on any atom is 0.000439 e. The molecule has 0 aromatic heterocycles. The van der Waals surface area contributed by atoms with Crippen LogP contribution in [0.5, 0.6) is 0 Å². The van der Waals surface area contributed by atoms with E-state index in [4.69, 9.17) is 0 Å². The summed E-state index contributed by atoms with van der Waals surface area (Å²) >= 11 is 0. The van der Waals surface area contributed by atoms with E-state index >= 15 is 0 Å². The zero-order valence-electron chi connectivity index (χ0n) is 10.4. The molecule has 1 spiro atoms. The van der Waals surface area contributed by atoms with Crippen molar-refractivity contribution in [3.8, 4) is 0 Å². The van der Waals surface area contributed by atoms with Crippen molar-refractivity contribution < 1.29 is 0 Å². The first-order valence-electron chi connectivity index (χ1n) is 6.63. The Bertz CT molecular complexity index is 185. The van der Waals surface area contributed by atoms with Gasteiger partial charge >= 0.3 is 0 Å². The minimum atomic E-state index is 0.721. The topological polar surface area (TPSA) is 15.3 Å². The molecule has 2 nitrogen and oxygen atoms in total. The predicted octanol–water partition coefficient (Wildman–Crippen LogP) is 2.11. The summed E-state index contributed by atoms with van der Waals surface area (Å²) < 4.78 is 0. The molecule has 2 saturated heterocycles. The summed E-state index contributed by atoms with van der Waals surface area (Å²) in [5, 5.41) is 3.49. The molecule has 2 rings (SSSR count). The standard InChI is InChI=1S/C13H26N2/c1-12(2)11-15-9-5-13(6-10-15)3-7-14-8-4-13/h12,14H,3-11H2,1-2H3. The fourth-order valence-electron chi connectivity index (χ4n) is 3.18. The predicted molar refractivity (Wildman–Crippen MR) is 65.0 cm³/mol. The molecule has 2 aliphatic rings. The minimum Gasteiger partial charge on any atom is -0.317 e. The average molecular weight is 210 g/mol.